The second-order valence-corrected chi connectivity index (χ2v) is 5.27. The van der Waals surface area contributed by atoms with Crippen LogP contribution in [-0.4, -0.2) is 17.8 Å². The summed E-state index contributed by atoms with van der Waals surface area (Å²) in [6, 6.07) is 4.28. The molecule has 94 valence electrons. The van der Waals surface area contributed by atoms with E-state index < -0.39 is 0 Å². The molecule has 1 unspecified atom stereocenters. The highest BCUT2D eigenvalue weighted by atomic mass is 16.5. The number of aliphatic hydroxyl groups excluding tert-OH is 1. The summed E-state index contributed by atoms with van der Waals surface area (Å²) in [5.74, 6) is 1.53. The minimum absolute atomic E-state index is 0.166. The Morgan fingerprint density at radius 3 is 2.35 bits per heavy atom. The van der Waals surface area contributed by atoms with Gasteiger partial charge in [0.25, 0.3) is 0 Å². The molecular formula is C15H22O2. The zero-order chi connectivity index (χ0) is 12.4. The Labute approximate surface area is 104 Å². The molecule has 1 saturated carbocycles. The van der Waals surface area contributed by atoms with Gasteiger partial charge in [-0.15, -0.1) is 0 Å². The third-order valence-electron chi connectivity index (χ3n) is 3.43. The van der Waals surface area contributed by atoms with Gasteiger partial charge in [0.1, 0.15) is 5.75 Å². The lowest BCUT2D eigenvalue weighted by Gasteiger charge is -2.15. The Morgan fingerprint density at radius 2 is 1.82 bits per heavy atom. The summed E-state index contributed by atoms with van der Waals surface area (Å²) < 4.78 is 5.81. The zero-order valence-corrected chi connectivity index (χ0v) is 11.0. The number of ether oxygens (including phenoxy) is 1. The number of hydrogen-bond donors (Lipinski definition) is 1. The summed E-state index contributed by atoms with van der Waals surface area (Å²) in [6.45, 7) is 6.86. The highest BCUT2D eigenvalue weighted by Crippen LogP contribution is 2.34. The van der Waals surface area contributed by atoms with Crippen LogP contribution < -0.4 is 4.74 Å². The van der Waals surface area contributed by atoms with Gasteiger partial charge in [-0.2, -0.15) is 0 Å². The van der Waals surface area contributed by atoms with Crippen LogP contribution in [0.2, 0.25) is 0 Å². The maximum absolute atomic E-state index is 9.77. The molecule has 0 amide bonds. The second kappa shape index (κ2) is 5.09. The van der Waals surface area contributed by atoms with Crippen molar-refractivity contribution in [1.29, 1.82) is 0 Å². The van der Waals surface area contributed by atoms with Crippen LogP contribution in [-0.2, 0) is 0 Å². The monoisotopic (exact) mass is 234 g/mol. The molecular weight excluding hydrogens is 212 g/mol. The standard InChI is InChI=1S/C15H22O2/c1-10-8-11(2)15(12(3)9-10)17-7-6-14(16)13-4-5-13/h8-9,13-14,16H,4-7H2,1-3H3. The predicted octanol–water partition coefficient (Wildman–Crippen LogP) is 3.15. The van der Waals surface area contributed by atoms with E-state index in [-0.39, 0.29) is 6.10 Å². The fourth-order valence-corrected chi connectivity index (χ4v) is 2.39. The molecule has 0 radical (unpaired) electrons. The van der Waals surface area contributed by atoms with Crippen molar-refractivity contribution < 1.29 is 9.84 Å². The van der Waals surface area contributed by atoms with Crippen LogP contribution in [0.5, 0.6) is 5.75 Å². The van der Waals surface area contributed by atoms with E-state index in [0.717, 1.165) is 12.2 Å². The summed E-state index contributed by atoms with van der Waals surface area (Å²) in [7, 11) is 0. The molecule has 0 bridgehead atoms. The van der Waals surface area contributed by atoms with Crippen LogP contribution in [0.4, 0.5) is 0 Å². The van der Waals surface area contributed by atoms with Crippen molar-refractivity contribution in [2.24, 2.45) is 5.92 Å². The summed E-state index contributed by atoms with van der Waals surface area (Å²) >= 11 is 0. The normalized spacial score (nSPS) is 16.9. The predicted molar refractivity (Wildman–Crippen MR) is 69.5 cm³/mol. The molecule has 1 aliphatic rings. The van der Waals surface area contributed by atoms with Gasteiger partial charge in [-0.05, 0) is 50.7 Å². The molecule has 1 aromatic carbocycles. The van der Waals surface area contributed by atoms with E-state index in [1.165, 1.54) is 29.5 Å². The Kier molecular flexibility index (Phi) is 3.72. The minimum atomic E-state index is -0.166. The third-order valence-corrected chi connectivity index (χ3v) is 3.43. The number of benzene rings is 1. The fourth-order valence-electron chi connectivity index (χ4n) is 2.39. The van der Waals surface area contributed by atoms with Crippen molar-refractivity contribution in [3.05, 3.63) is 28.8 Å². The van der Waals surface area contributed by atoms with Crippen LogP contribution in [0, 0.1) is 26.7 Å². The van der Waals surface area contributed by atoms with Crippen molar-refractivity contribution in [2.45, 2.75) is 46.1 Å². The fraction of sp³-hybridized carbons (Fsp3) is 0.600. The Morgan fingerprint density at radius 1 is 1.24 bits per heavy atom. The maximum Gasteiger partial charge on any atom is 0.125 e. The van der Waals surface area contributed by atoms with Gasteiger partial charge in [-0.3, -0.25) is 0 Å². The lowest BCUT2D eigenvalue weighted by atomic mass is 10.1. The first-order valence-electron chi connectivity index (χ1n) is 6.46. The average Bonchev–Trinajstić information content (AvgIpc) is 3.04. The molecule has 1 atom stereocenters. The van der Waals surface area contributed by atoms with Gasteiger partial charge in [-0.25, -0.2) is 0 Å². The molecule has 2 rings (SSSR count). The van der Waals surface area contributed by atoms with Crippen molar-refractivity contribution in [1.82, 2.24) is 0 Å². The molecule has 0 saturated heterocycles. The largest absolute Gasteiger partial charge is 0.493 e. The van der Waals surface area contributed by atoms with Crippen LogP contribution >= 0.6 is 0 Å². The summed E-state index contributed by atoms with van der Waals surface area (Å²) in [6.07, 6.45) is 2.95. The smallest absolute Gasteiger partial charge is 0.125 e. The highest BCUT2D eigenvalue weighted by Gasteiger charge is 2.29. The number of aryl methyl sites for hydroxylation is 3. The van der Waals surface area contributed by atoms with E-state index >= 15 is 0 Å². The van der Waals surface area contributed by atoms with E-state index in [0.29, 0.717) is 12.5 Å². The molecule has 0 aromatic heterocycles. The lowest BCUT2D eigenvalue weighted by Crippen LogP contribution is -2.14. The molecule has 0 aliphatic heterocycles. The van der Waals surface area contributed by atoms with Crippen molar-refractivity contribution >= 4 is 0 Å². The van der Waals surface area contributed by atoms with Gasteiger partial charge in [0.2, 0.25) is 0 Å². The summed E-state index contributed by atoms with van der Waals surface area (Å²) in [5, 5.41) is 9.77. The summed E-state index contributed by atoms with van der Waals surface area (Å²) in [4.78, 5) is 0. The molecule has 0 heterocycles. The highest BCUT2D eigenvalue weighted by molar-refractivity contribution is 5.42. The van der Waals surface area contributed by atoms with Gasteiger partial charge in [0.05, 0.1) is 12.7 Å². The first-order chi connectivity index (χ1) is 8.08. The van der Waals surface area contributed by atoms with E-state index in [4.69, 9.17) is 4.74 Å². The molecule has 1 aromatic rings. The van der Waals surface area contributed by atoms with Gasteiger partial charge >= 0.3 is 0 Å². The molecule has 1 N–H and O–H groups in total. The molecule has 2 nitrogen and oxygen atoms in total. The van der Waals surface area contributed by atoms with E-state index in [1.54, 1.807) is 0 Å². The lowest BCUT2D eigenvalue weighted by molar-refractivity contribution is 0.119. The SMILES string of the molecule is Cc1cc(C)c(OCCC(O)C2CC2)c(C)c1. The average molecular weight is 234 g/mol. The zero-order valence-electron chi connectivity index (χ0n) is 11.0. The van der Waals surface area contributed by atoms with Gasteiger partial charge in [0, 0.05) is 6.42 Å². The number of hydrogen-bond acceptors (Lipinski definition) is 2. The van der Waals surface area contributed by atoms with E-state index in [9.17, 15) is 5.11 Å². The van der Waals surface area contributed by atoms with Crippen LogP contribution in [0.3, 0.4) is 0 Å². The van der Waals surface area contributed by atoms with Crippen LogP contribution in [0.15, 0.2) is 12.1 Å². The summed E-state index contributed by atoms with van der Waals surface area (Å²) in [5.41, 5.74) is 3.64. The van der Waals surface area contributed by atoms with Crippen molar-refractivity contribution in [3.63, 3.8) is 0 Å². The Balaban J connectivity index is 1.89. The Hall–Kier alpha value is -1.02. The topological polar surface area (TPSA) is 29.5 Å². The Bertz CT molecular complexity index is 371. The molecule has 17 heavy (non-hydrogen) atoms. The quantitative estimate of drug-likeness (QED) is 0.848. The number of aliphatic hydroxyl groups is 1. The molecule has 0 spiro atoms. The maximum atomic E-state index is 9.77. The van der Waals surface area contributed by atoms with Crippen molar-refractivity contribution in [3.8, 4) is 5.75 Å². The van der Waals surface area contributed by atoms with Crippen molar-refractivity contribution in [2.75, 3.05) is 6.61 Å². The van der Waals surface area contributed by atoms with Crippen LogP contribution in [0.1, 0.15) is 36.0 Å². The van der Waals surface area contributed by atoms with Gasteiger partial charge in [-0.1, -0.05) is 17.7 Å². The first kappa shape index (κ1) is 12.4. The molecule has 1 aliphatic carbocycles. The second-order valence-electron chi connectivity index (χ2n) is 5.27. The third kappa shape index (κ3) is 3.22. The number of rotatable bonds is 5. The van der Waals surface area contributed by atoms with Gasteiger partial charge in [0.15, 0.2) is 0 Å². The van der Waals surface area contributed by atoms with E-state index in [2.05, 4.69) is 32.9 Å². The van der Waals surface area contributed by atoms with Gasteiger partial charge < -0.3 is 9.84 Å². The van der Waals surface area contributed by atoms with E-state index in [1.807, 2.05) is 0 Å². The first-order valence-corrected chi connectivity index (χ1v) is 6.46. The minimum Gasteiger partial charge on any atom is -0.493 e. The molecule has 2 heteroatoms. The van der Waals surface area contributed by atoms with Crippen LogP contribution in [0.25, 0.3) is 0 Å². The molecule has 1 fully saturated rings.